The third-order valence-electron chi connectivity index (χ3n) is 5.33. The van der Waals surface area contributed by atoms with E-state index in [4.69, 9.17) is 9.47 Å². The molecule has 0 saturated heterocycles. The van der Waals surface area contributed by atoms with E-state index in [1.807, 2.05) is 0 Å². The molecule has 0 aliphatic carbocycles. The number of aryl methyl sites for hydroxylation is 1. The van der Waals surface area contributed by atoms with Gasteiger partial charge in [0.05, 0.1) is 4.90 Å². The summed E-state index contributed by atoms with van der Waals surface area (Å²) < 4.78 is 131. The van der Waals surface area contributed by atoms with Crippen molar-refractivity contribution in [2.45, 2.75) is 29.6 Å². The van der Waals surface area contributed by atoms with E-state index >= 15 is 0 Å². The van der Waals surface area contributed by atoms with Crippen molar-refractivity contribution in [3.05, 3.63) is 89.5 Å². The van der Waals surface area contributed by atoms with Gasteiger partial charge in [0.15, 0.2) is 0 Å². The molecular weight excluding hydrogens is 514 g/mol. The number of para-hydroxylation sites is 1. The quantitative estimate of drug-likeness (QED) is 0.215. The topological polar surface area (TPSA) is 72.8 Å². The lowest BCUT2D eigenvalue weighted by atomic mass is 9.72. The van der Waals surface area contributed by atoms with Crippen molar-refractivity contribution in [3.63, 3.8) is 0 Å². The molecule has 3 rings (SSSR count). The van der Waals surface area contributed by atoms with Crippen LogP contribution in [-0.2, 0) is 15.5 Å². The molecule has 0 unspecified atom stereocenters. The summed E-state index contributed by atoms with van der Waals surface area (Å²) in [6.45, 7) is 1.07. The van der Waals surface area contributed by atoms with Gasteiger partial charge >= 0.3 is 12.4 Å². The van der Waals surface area contributed by atoms with Crippen LogP contribution >= 0.6 is 0 Å². The van der Waals surface area contributed by atoms with Gasteiger partial charge in [-0.05, 0) is 42.8 Å². The van der Waals surface area contributed by atoms with Crippen LogP contribution in [0, 0.1) is 6.92 Å². The Morgan fingerprint density at radius 3 is 1.78 bits per heavy atom. The van der Waals surface area contributed by atoms with E-state index in [1.54, 1.807) is 30.3 Å². The molecule has 0 saturated carbocycles. The number of hydrogen-bond donors (Lipinski definition) is 1. The molecule has 0 bridgehead atoms. The Kier molecular flexibility index (Phi) is 7.61. The minimum absolute atomic E-state index is 0.110. The summed E-state index contributed by atoms with van der Waals surface area (Å²) in [4.78, 5) is -1.55. The summed E-state index contributed by atoms with van der Waals surface area (Å²) >= 11 is 0. The molecule has 0 spiro atoms. The van der Waals surface area contributed by atoms with Gasteiger partial charge < -0.3 is 9.47 Å². The van der Waals surface area contributed by atoms with Gasteiger partial charge in [0, 0.05) is 5.56 Å². The maximum Gasteiger partial charge on any atom is 0.411 e. The van der Waals surface area contributed by atoms with Crippen LogP contribution in [0.5, 0.6) is 11.5 Å². The first kappa shape index (κ1) is 27.3. The molecule has 5 nitrogen and oxygen atoms in total. The molecule has 36 heavy (non-hydrogen) atoms. The average Bonchev–Trinajstić information content (AvgIpc) is 2.77. The number of alkyl halides is 6. The summed E-state index contributed by atoms with van der Waals surface area (Å²) in [6.07, 6.45) is -12.1. The number of rotatable bonds is 8. The molecule has 0 fully saturated rings. The first-order chi connectivity index (χ1) is 16.7. The van der Waals surface area contributed by atoms with Crippen molar-refractivity contribution in [1.82, 2.24) is 0 Å². The summed E-state index contributed by atoms with van der Waals surface area (Å²) in [5.41, 5.74) is -7.43. The lowest BCUT2D eigenvalue weighted by Crippen LogP contribution is -2.55. The van der Waals surface area contributed by atoms with Gasteiger partial charge in [0.2, 0.25) is 5.41 Å². The second-order valence-corrected chi connectivity index (χ2v) is 9.14. The Labute approximate surface area is 203 Å². The van der Waals surface area contributed by atoms with Gasteiger partial charge in [-0.25, -0.2) is 0 Å². The Balaban J connectivity index is 2.15. The molecule has 0 aromatic heterocycles. The van der Waals surface area contributed by atoms with E-state index < -0.39 is 49.7 Å². The van der Waals surface area contributed by atoms with Crippen molar-refractivity contribution in [2.75, 3.05) is 13.2 Å². The highest BCUT2D eigenvalue weighted by atomic mass is 32.2. The van der Waals surface area contributed by atoms with Crippen LogP contribution in [-0.4, -0.2) is 38.5 Å². The molecule has 1 N–H and O–H groups in total. The summed E-state index contributed by atoms with van der Waals surface area (Å²) in [6, 6.07) is 13.3. The van der Waals surface area contributed by atoms with E-state index in [1.165, 1.54) is 6.92 Å². The lowest BCUT2D eigenvalue weighted by Gasteiger charge is -2.39. The average molecular weight is 534 g/mol. The maximum atomic E-state index is 14.5. The molecule has 0 aliphatic heterocycles. The Bertz CT molecular complexity index is 1270. The summed E-state index contributed by atoms with van der Waals surface area (Å²) in [5.74, 6) is -0.0323. The maximum absolute atomic E-state index is 14.5. The van der Waals surface area contributed by atoms with E-state index in [-0.39, 0.29) is 13.2 Å². The summed E-state index contributed by atoms with van der Waals surface area (Å²) in [7, 11) is -5.51. The largest absolute Gasteiger partial charge is 0.490 e. The molecule has 0 aliphatic rings. The third-order valence-corrected chi connectivity index (χ3v) is 6.24. The van der Waals surface area contributed by atoms with Gasteiger partial charge in [-0.15, -0.1) is 0 Å². The molecule has 194 valence electrons. The van der Waals surface area contributed by atoms with Gasteiger partial charge in [0.25, 0.3) is 10.1 Å². The highest BCUT2D eigenvalue weighted by Crippen LogP contribution is 2.57. The zero-order valence-electron chi connectivity index (χ0n) is 18.6. The number of hydrogen-bond acceptors (Lipinski definition) is 4. The molecule has 0 atom stereocenters. The fraction of sp³-hybridized carbons (Fsp3) is 0.250. The van der Waals surface area contributed by atoms with Gasteiger partial charge in [-0.3, -0.25) is 4.55 Å². The minimum Gasteiger partial charge on any atom is -0.490 e. The molecule has 0 radical (unpaired) electrons. The monoisotopic (exact) mass is 534 g/mol. The van der Waals surface area contributed by atoms with Gasteiger partial charge in [-0.1, -0.05) is 48.0 Å². The fourth-order valence-electron chi connectivity index (χ4n) is 3.71. The predicted octanol–water partition coefficient (Wildman–Crippen LogP) is 6.11. The molecule has 0 amide bonds. The van der Waals surface area contributed by atoms with Crippen LogP contribution in [0.25, 0.3) is 0 Å². The highest BCUT2D eigenvalue weighted by Gasteiger charge is 2.73. The molecule has 0 heterocycles. The molecule has 3 aromatic rings. The zero-order chi connectivity index (χ0) is 26.8. The first-order valence-corrected chi connectivity index (χ1v) is 11.7. The van der Waals surface area contributed by atoms with Crippen LogP contribution in [0.3, 0.4) is 0 Å². The molecule has 3 aromatic carbocycles. The Hall–Kier alpha value is -3.25. The van der Waals surface area contributed by atoms with Crippen LogP contribution < -0.4 is 9.47 Å². The third kappa shape index (κ3) is 5.44. The standard InChI is InChI=1S/C24H20F6O5S/c1-16-7-9-17(10-8-16)22(23(25,26)27,24(28,29)30)20-15-19(11-12-21(20)36(31,32)33)35-14-13-34-18-5-3-2-4-6-18/h2-12,15H,13-14H2,1H3,(H,31,32,33). The van der Waals surface area contributed by atoms with E-state index in [0.29, 0.717) is 35.6 Å². The van der Waals surface area contributed by atoms with Crippen molar-refractivity contribution in [1.29, 1.82) is 0 Å². The lowest BCUT2D eigenvalue weighted by molar-refractivity contribution is -0.289. The van der Waals surface area contributed by atoms with Crippen LogP contribution in [0.1, 0.15) is 16.7 Å². The van der Waals surface area contributed by atoms with Crippen LogP contribution in [0.4, 0.5) is 26.3 Å². The van der Waals surface area contributed by atoms with E-state index in [9.17, 15) is 39.3 Å². The predicted molar refractivity (Wildman–Crippen MR) is 118 cm³/mol. The van der Waals surface area contributed by atoms with E-state index in [0.717, 1.165) is 18.2 Å². The Morgan fingerprint density at radius 1 is 0.750 bits per heavy atom. The minimum atomic E-state index is -6.06. The van der Waals surface area contributed by atoms with Gasteiger partial charge in [0.1, 0.15) is 24.7 Å². The SMILES string of the molecule is Cc1ccc(C(c2cc(OCCOc3ccccc3)ccc2S(=O)(=O)O)(C(F)(F)F)C(F)(F)F)cc1. The van der Waals surface area contributed by atoms with Crippen molar-refractivity contribution < 1.29 is 48.8 Å². The Morgan fingerprint density at radius 2 is 1.28 bits per heavy atom. The van der Waals surface area contributed by atoms with Gasteiger partial charge in [-0.2, -0.15) is 34.8 Å². The van der Waals surface area contributed by atoms with Crippen molar-refractivity contribution in [2.24, 2.45) is 0 Å². The summed E-state index contributed by atoms with van der Waals surface area (Å²) in [5, 5.41) is 0. The van der Waals surface area contributed by atoms with Crippen molar-refractivity contribution >= 4 is 10.1 Å². The van der Waals surface area contributed by atoms with Crippen LogP contribution in [0.2, 0.25) is 0 Å². The first-order valence-electron chi connectivity index (χ1n) is 10.3. The number of benzene rings is 3. The second kappa shape index (κ2) is 10.0. The smallest absolute Gasteiger partial charge is 0.411 e. The van der Waals surface area contributed by atoms with E-state index in [2.05, 4.69) is 0 Å². The number of halogens is 6. The zero-order valence-corrected chi connectivity index (χ0v) is 19.4. The fourth-order valence-corrected chi connectivity index (χ4v) is 4.44. The van der Waals surface area contributed by atoms with Crippen molar-refractivity contribution in [3.8, 4) is 11.5 Å². The number of ether oxygens (including phenoxy) is 2. The molecule has 12 heteroatoms. The second-order valence-electron chi connectivity index (χ2n) is 7.75. The molecular formula is C24H20F6O5S. The highest BCUT2D eigenvalue weighted by molar-refractivity contribution is 7.85. The normalized spacial score (nSPS) is 12.9. The van der Waals surface area contributed by atoms with Crippen LogP contribution in [0.15, 0.2) is 77.7 Å².